The number of rotatable bonds is 2. The lowest BCUT2D eigenvalue weighted by molar-refractivity contribution is 0.314. The van der Waals surface area contributed by atoms with E-state index in [9.17, 15) is 0 Å². The van der Waals surface area contributed by atoms with Crippen LogP contribution in [0.1, 0.15) is 32.4 Å². The maximum Gasteiger partial charge on any atom is 0.123 e. The average molecular weight is 230 g/mol. The van der Waals surface area contributed by atoms with Crippen molar-refractivity contribution < 1.29 is 4.74 Å². The van der Waals surface area contributed by atoms with Crippen LogP contribution in [0.4, 0.5) is 0 Å². The predicted octanol–water partition coefficient (Wildman–Crippen LogP) is 3.16. The number of para-hydroxylation sites is 1. The largest absolute Gasteiger partial charge is 0.496 e. The van der Waals surface area contributed by atoms with E-state index in [0.29, 0.717) is 0 Å². The van der Waals surface area contributed by atoms with Crippen molar-refractivity contribution in [2.45, 2.75) is 26.8 Å². The van der Waals surface area contributed by atoms with Crippen molar-refractivity contribution in [2.24, 2.45) is 11.1 Å². The standard InChI is InChI=1S/C12H19NO.ClH/c1-12(2,3)11(13)9-7-5-6-8-10(9)14-4;/h5-8,11H,13H2,1-4H3;1H/t11-;/m1./s1. The Morgan fingerprint density at radius 3 is 2.20 bits per heavy atom. The van der Waals surface area contributed by atoms with Gasteiger partial charge in [0.05, 0.1) is 7.11 Å². The molecule has 1 aromatic rings. The third-order valence-corrected chi connectivity index (χ3v) is 2.41. The Kier molecular flexibility index (Phi) is 5.12. The van der Waals surface area contributed by atoms with Crippen LogP contribution in [0.15, 0.2) is 24.3 Å². The molecule has 0 aromatic heterocycles. The fourth-order valence-corrected chi connectivity index (χ4v) is 1.39. The number of benzene rings is 1. The van der Waals surface area contributed by atoms with Crippen LogP contribution in [0.2, 0.25) is 0 Å². The van der Waals surface area contributed by atoms with Gasteiger partial charge >= 0.3 is 0 Å². The van der Waals surface area contributed by atoms with Crippen LogP contribution in [-0.4, -0.2) is 7.11 Å². The molecule has 0 saturated carbocycles. The van der Waals surface area contributed by atoms with Gasteiger partial charge in [0.2, 0.25) is 0 Å². The smallest absolute Gasteiger partial charge is 0.123 e. The van der Waals surface area contributed by atoms with Crippen LogP contribution in [0.3, 0.4) is 0 Å². The van der Waals surface area contributed by atoms with Crippen molar-refractivity contribution in [3.05, 3.63) is 29.8 Å². The van der Waals surface area contributed by atoms with E-state index in [2.05, 4.69) is 20.8 Å². The highest BCUT2D eigenvalue weighted by molar-refractivity contribution is 5.85. The summed E-state index contributed by atoms with van der Waals surface area (Å²) in [5, 5.41) is 0. The maximum absolute atomic E-state index is 6.17. The fourth-order valence-electron chi connectivity index (χ4n) is 1.39. The summed E-state index contributed by atoms with van der Waals surface area (Å²) in [4.78, 5) is 0. The van der Waals surface area contributed by atoms with Gasteiger partial charge in [-0.2, -0.15) is 0 Å². The van der Waals surface area contributed by atoms with Gasteiger partial charge in [-0.3, -0.25) is 0 Å². The highest BCUT2D eigenvalue weighted by atomic mass is 35.5. The number of hydrogen-bond donors (Lipinski definition) is 1. The zero-order chi connectivity index (χ0) is 10.8. The van der Waals surface area contributed by atoms with Crippen LogP contribution >= 0.6 is 12.4 Å². The van der Waals surface area contributed by atoms with E-state index in [1.54, 1.807) is 7.11 Å². The first-order valence-corrected chi connectivity index (χ1v) is 4.85. The summed E-state index contributed by atoms with van der Waals surface area (Å²) < 4.78 is 5.28. The molecule has 3 heteroatoms. The first-order valence-electron chi connectivity index (χ1n) is 4.85. The second kappa shape index (κ2) is 5.38. The summed E-state index contributed by atoms with van der Waals surface area (Å²) >= 11 is 0. The fraction of sp³-hybridized carbons (Fsp3) is 0.500. The Bertz CT molecular complexity index is 307. The van der Waals surface area contributed by atoms with Gasteiger partial charge in [0.25, 0.3) is 0 Å². The molecule has 86 valence electrons. The van der Waals surface area contributed by atoms with E-state index >= 15 is 0 Å². The van der Waals surface area contributed by atoms with Gasteiger partial charge in [-0.1, -0.05) is 39.0 Å². The summed E-state index contributed by atoms with van der Waals surface area (Å²) in [6.07, 6.45) is 0. The summed E-state index contributed by atoms with van der Waals surface area (Å²) in [6.45, 7) is 6.39. The first kappa shape index (κ1) is 14.3. The van der Waals surface area contributed by atoms with E-state index in [4.69, 9.17) is 10.5 Å². The molecular weight excluding hydrogens is 210 g/mol. The van der Waals surface area contributed by atoms with E-state index < -0.39 is 0 Å². The maximum atomic E-state index is 6.17. The summed E-state index contributed by atoms with van der Waals surface area (Å²) in [5.74, 6) is 0.870. The highest BCUT2D eigenvalue weighted by Gasteiger charge is 2.24. The van der Waals surface area contributed by atoms with Crippen molar-refractivity contribution in [3.8, 4) is 5.75 Å². The number of methoxy groups -OCH3 is 1. The Labute approximate surface area is 98.2 Å². The van der Waals surface area contributed by atoms with Gasteiger partial charge in [-0.15, -0.1) is 12.4 Å². The molecule has 0 amide bonds. The molecule has 0 spiro atoms. The van der Waals surface area contributed by atoms with Gasteiger partial charge in [-0.05, 0) is 11.5 Å². The van der Waals surface area contributed by atoms with Crippen LogP contribution in [0.5, 0.6) is 5.75 Å². The van der Waals surface area contributed by atoms with Crippen molar-refractivity contribution >= 4 is 12.4 Å². The molecule has 15 heavy (non-hydrogen) atoms. The molecule has 1 aromatic carbocycles. The number of halogens is 1. The molecule has 0 saturated heterocycles. The molecule has 1 atom stereocenters. The van der Waals surface area contributed by atoms with Gasteiger partial charge in [0.15, 0.2) is 0 Å². The second-order valence-corrected chi connectivity index (χ2v) is 4.59. The minimum atomic E-state index is -0.00125. The lowest BCUT2D eigenvalue weighted by Crippen LogP contribution is -2.26. The van der Waals surface area contributed by atoms with Crippen LogP contribution in [0, 0.1) is 5.41 Å². The lowest BCUT2D eigenvalue weighted by Gasteiger charge is -2.28. The third kappa shape index (κ3) is 3.40. The summed E-state index contributed by atoms with van der Waals surface area (Å²) in [7, 11) is 1.67. The SMILES string of the molecule is COc1ccccc1[C@@H](N)C(C)(C)C.Cl. The third-order valence-electron chi connectivity index (χ3n) is 2.41. The van der Waals surface area contributed by atoms with Gasteiger partial charge in [0.1, 0.15) is 5.75 Å². The molecule has 0 unspecified atom stereocenters. The molecular formula is C12H20ClNO. The van der Waals surface area contributed by atoms with Gasteiger partial charge in [-0.25, -0.2) is 0 Å². The van der Waals surface area contributed by atoms with Crippen molar-refractivity contribution in [2.75, 3.05) is 7.11 Å². The molecule has 2 N–H and O–H groups in total. The Morgan fingerprint density at radius 1 is 1.20 bits per heavy atom. The van der Waals surface area contributed by atoms with E-state index in [-0.39, 0.29) is 23.9 Å². The molecule has 0 aliphatic rings. The van der Waals surface area contributed by atoms with E-state index in [1.165, 1.54) is 0 Å². The summed E-state index contributed by atoms with van der Waals surface area (Å²) in [6, 6.07) is 7.91. The Morgan fingerprint density at radius 2 is 1.73 bits per heavy atom. The van der Waals surface area contributed by atoms with Crippen molar-refractivity contribution in [1.82, 2.24) is 0 Å². The zero-order valence-electron chi connectivity index (χ0n) is 9.78. The van der Waals surface area contributed by atoms with Crippen LogP contribution < -0.4 is 10.5 Å². The second-order valence-electron chi connectivity index (χ2n) is 4.59. The average Bonchev–Trinajstić information content (AvgIpc) is 2.15. The van der Waals surface area contributed by atoms with Crippen molar-refractivity contribution in [1.29, 1.82) is 0 Å². The van der Waals surface area contributed by atoms with Crippen LogP contribution in [-0.2, 0) is 0 Å². The van der Waals surface area contributed by atoms with Gasteiger partial charge < -0.3 is 10.5 Å². The summed E-state index contributed by atoms with van der Waals surface area (Å²) in [5.41, 5.74) is 7.29. The Balaban J connectivity index is 0.00000196. The normalized spacial score (nSPS) is 12.9. The first-order chi connectivity index (χ1) is 6.46. The topological polar surface area (TPSA) is 35.2 Å². The minimum Gasteiger partial charge on any atom is -0.496 e. The molecule has 0 bridgehead atoms. The van der Waals surface area contributed by atoms with E-state index in [0.717, 1.165) is 11.3 Å². The monoisotopic (exact) mass is 229 g/mol. The number of hydrogen-bond acceptors (Lipinski definition) is 2. The molecule has 0 aliphatic carbocycles. The highest BCUT2D eigenvalue weighted by Crippen LogP contribution is 2.34. The van der Waals surface area contributed by atoms with E-state index in [1.807, 2.05) is 24.3 Å². The molecule has 0 heterocycles. The minimum absolute atomic E-state index is 0. The predicted molar refractivity (Wildman–Crippen MR) is 66.6 cm³/mol. The molecule has 0 radical (unpaired) electrons. The van der Waals surface area contributed by atoms with Crippen LogP contribution in [0.25, 0.3) is 0 Å². The number of ether oxygens (including phenoxy) is 1. The zero-order valence-corrected chi connectivity index (χ0v) is 10.6. The van der Waals surface area contributed by atoms with Gasteiger partial charge in [0, 0.05) is 11.6 Å². The Hall–Kier alpha value is -0.730. The molecule has 0 aliphatic heterocycles. The van der Waals surface area contributed by atoms with Crippen molar-refractivity contribution in [3.63, 3.8) is 0 Å². The quantitative estimate of drug-likeness (QED) is 0.846. The molecule has 1 rings (SSSR count). The lowest BCUT2D eigenvalue weighted by atomic mass is 9.83. The molecule has 0 fully saturated rings. The number of nitrogens with two attached hydrogens (primary N) is 1. The molecule has 2 nitrogen and oxygen atoms in total.